The Hall–Kier alpha value is -1.68. The lowest BCUT2D eigenvalue weighted by Gasteiger charge is -2.39. The van der Waals surface area contributed by atoms with Gasteiger partial charge in [0.25, 0.3) is 0 Å². The monoisotopic (exact) mass is 428 g/mol. The average molecular weight is 429 g/mol. The van der Waals surface area contributed by atoms with E-state index in [1.807, 2.05) is 6.07 Å². The van der Waals surface area contributed by atoms with Crippen molar-refractivity contribution >= 4 is 23.4 Å². The number of halogens is 1. The van der Waals surface area contributed by atoms with Crippen LogP contribution in [0.2, 0.25) is 5.02 Å². The van der Waals surface area contributed by atoms with Crippen LogP contribution in [-0.4, -0.2) is 61.3 Å². The van der Waals surface area contributed by atoms with Crippen molar-refractivity contribution in [1.29, 1.82) is 0 Å². The Morgan fingerprint density at radius 3 is 2.69 bits per heavy atom. The summed E-state index contributed by atoms with van der Waals surface area (Å²) in [5, 5.41) is 9.63. The average Bonchev–Trinajstić information content (AvgIpc) is 2.90. The molecule has 1 unspecified atom stereocenters. The molecule has 6 heteroatoms. The molecule has 29 heavy (non-hydrogen) atoms. The molecular formula is C23H25ClN2O2S. The summed E-state index contributed by atoms with van der Waals surface area (Å²) < 4.78 is 5.45. The molecule has 0 saturated carbocycles. The lowest BCUT2D eigenvalue weighted by molar-refractivity contribution is 0.102. The first-order chi connectivity index (χ1) is 14.2. The number of hydrogen-bond donors (Lipinski definition) is 1. The van der Waals surface area contributed by atoms with Gasteiger partial charge in [-0.1, -0.05) is 41.3 Å². The number of aliphatic hydroxyl groups excluding tert-OH is 1. The summed E-state index contributed by atoms with van der Waals surface area (Å²) in [6.07, 6.45) is 0.962. The summed E-state index contributed by atoms with van der Waals surface area (Å²) in [5.74, 6) is 6.66. The first kappa shape index (κ1) is 20.6. The van der Waals surface area contributed by atoms with Crippen molar-refractivity contribution in [2.45, 2.75) is 22.3 Å². The number of rotatable bonds is 3. The number of piperazine rings is 1. The minimum absolute atomic E-state index is 0.0680. The molecular weight excluding hydrogens is 404 g/mol. The highest BCUT2D eigenvalue weighted by molar-refractivity contribution is 7.99. The minimum Gasteiger partial charge on any atom is -0.497 e. The van der Waals surface area contributed by atoms with Crippen LogP contribution in [0.3, 0.4) is 0 Å². The largest absolute Gasteiger partial charge is 0.497 e. The van der Waals surface area contributed by atoms with Crippen LogP contribution < -0.4 is 4.74 Å². The Morgan fingerprint density at radius 1 is 1.10 bits per heavy atom. The van der Waals surface area contributed by atoms with Crippen molar-refractivity contribution in [2.24, 2.45) is 0 Å². The van der Waals surface area contributed by atoms with E-state index < -0.39 is 0 Å². The van der Waals surface area contributed by atoms with Crippen LogP contribution in [0.5, 0.6) is 5.75 Å². The predicted molar refractivity (Wildman–Crippen MR) is 118 cm³/mol. The van der Waals surface area contributed by atoms with Crippen LogP contribution in [0.25, 0.3) is 0 Å². The molecule has 0 radical (unpaired) electrons. The van der Waals surface area contributed by atoms with Gasteiger partial charge in [0.1, 0.15) is 12.4 Å². The number of benzene rings is 2. The summed E-state index contributed by atoms with van der Waals surface area (Å²) >= 11 is 8.20. The molecule has 0 bridgehead atoms. The highest BCUT2D eigenvalue weighted by Crippen LogP contribution is 2.44. The second-order valence-corrected chi connectivity index (χ2v) is 8.82. The van der Waals surface area contributed by atoms with Crippen molar-refractivity contribution in [3.63, 3.8) is 0 Å². The number of hydrogen-bond acceptors (Lipinski definition) is 5. The van der Waals surface area contributed by atoms with Crippen LogP contribution in [-0.2, 0) is 6.42 Å². The smallest absolute Gasteiger partial charge is 0.120 e. The highest BCUT2D eigenvalue weighted by Gasteiger charge is 2.30. The van der Waals surface area contributed by atoms with Gasteiger partial charge in [-0.15, -0.1) is 0 Å². The van der Waals surface area contributed by atoms with E-state index in [2.05, 4.69) is 52.0 Å². The lowest BCUT2D eigenvalue weighted by atomic mass is 9.96. The normalized spacial score (nSPS) is 19.5. The van der Waals surface area contributed by atoms with Crippen LogP contribution in [0, 0.1) is 11.8 Å². The third kappa shape index (κ3) is 4.74. The van der Waals surface area contributed by atoms with E-state index in [0.717, 1.165) is 49.9 Å². The maximum absolute atomic E-state index is 8.84. The molecule has 0 aromatic heterocycles. The first-order valence-corrected chi connectivity index (χ1v) is 11.0. The van der Waals surface area contributed by atoms with Gasteiger partial charge in [0.15, 0.2) is 0 Å². The minimum atomic E-state index is -0.0680. The fraction of sp³-hybridized carbons (Fsp3) is 0.391. The summed E-state index contributed by atoms with van der Waals surface area (Å²) in [4.78, 5) is 7.45. The molecule has 1 saturated heterocycles. The third-order valence-corrected chi connectivity index (χ3v) is 7.02. The van der Waals surface area contributed by atoms with Gasteiger partial charge in [0.2, 0.25) is 0 Å². The fourth-order valence-electron chi connectivity index (χ4n) is 4.02. The SMILES string of the molecule is COc1ccc2c(c1)Sc1ccc(Cl)cc1C(N1CCN(CC#CCO)CC1)C2. The van der Waals surface area contributed by atoms with Crippen LogP contribution in [0.15, 0.2) is 46.2 Å². The second-order valence-electron chi connectivity index (χ2n) is 7.30. The van der Waals surface area contributed by atoms with Crippen LogP contribution >= 0.6 is 23.4 Å². The van der Waals surface area contributed by atoms with Crippen molar-refractivity contribution in [2.75, 3.05) is 46.4 Å². The van der Waals surface area contributed by atoms with Gasteiger partial charge in [0.05, 0.1) is 13.7 Å². The van der Waals surface area contributed by atoms with E-state index in [1.165, 1.54) is 20.9 Å². The Labute approximate surface area is 181 Å². The van der Waals surface area contributed by atoms with E-state index in [1.54, 1.807) is 18.9 Å². The van der Waals surface area contributed by atoms with Gasteiger partial charge in [-0.3, -0.25) is 9.80 Å². The Balaban J connectivity index is 1.60. The maximum Gasteiger partial charge on any atom is 0.120 e. The van der Waals surface area contributed by atoms with E-state index in [9.17, 15) is 0 Å². The fourth-order valence-corrected chi connectivity index (χ4v) is 5.34. The second kappa shape index (κ2) is 9.42. The Kier molecular flexibility index (Phi) is 6.69. The molecule has 0 spiro atoms. The molecule has 1 fully saturated rings. The molecule has 2 heterocycles. The number of methoxy groups -OCH3 is 1. The van der Waals surface area contributed by atoms with E-state index in [4.69, 9.17) is 21.4 Å². The molecule has 4 rings (SSSR count). The molecule has 2 aliphatic rings. The molecule has 2 aromatic rings. The molecule has 4 nitrogen and oxygen atoms in total. The zero-order valence-corrected chi connectivity index (χ0v) is 18.1. The van der Waals surface area contributed by atoms with Crippen molar-refractivity contribution in [3.05, 3.63) is 52.5 Å². The summed E-state index contributed by atoms with van der Waals surface area (Å²) in [7, 11) is 1.71. The van der Waals surface area contributed by atoms with Crippen LogP contribution in [0.1, 0.15) is 17.2 Å². The quantitative estimate of drug-likeness (QED) is 0.754. The predicted octanol–water partition coefficient (Wildman–Crippen LogP) is 3.71. The van der Waals surface area contributed by atoms with Gasteiger partial charge in [-0.2, -0.15) is 0 Å². The van der Waals surface area contributed by atoms with Crippen molar-refractivity contribution < 1.29 is 9.84 Å². The van der Waals surface area contributed by atoms with E-state index in [-0.39, 0.29) is 6.61 Å². The molecule has 1 N–H and O–H groups in total. The van der Waals surface area contributed by atoms with Crippen molar-refractivity contribution in [1.82, 2.24) is 9.80 Å². The van der Waals surface area contributed by atoms with Gasteiger partial charge < -0.3 is 9.84 Å². The molecule has 1 atom stereocenters. The Bertz CT molecular complexity index is 932. The van der Waals surface area contributed by atoms with E-state index >= 15 is 0 Å². The number of ether oxygens (including phenoxy) is 1. The topological polar surface area (TPSA) is 35.9 Å². The number of aliphatic hydroxyl groups is 1. The van der Waals surface area contributed by atoms with E-state index in [0.29, 0.717) is 6.04 Å². The highest BCUT2D eigenvalue weighted by atomic mass is 35.5. The number of nitrogens with zero attached hydrogens (tertiary/aromatic N) is 2. The lowest BCUT2D eigenvalue weighted by Crippen LogP contribution is -2.48. The van der Waals surface area contributed by atoms with Gasteiger partial charge in [-0.25, -0.2) is 0 Å². The summed E-state index contributed by atoms with van der Waals surface area (Å²) in [6, 6.07) is 12.9. The number of fused-ring (bicyclic) bond motifs is 2. The standard InChI is InChI=1S/C23H25ClN2O2S/c1-28-19-6-4-17-14-21(26-11-9-25(10-12-26)8-2-3-13-27)20-15-18(24)5-7-22(20)29-23(17)16-19/h4-7,15-16,21,27H,8-14H2,1H3. The molecule has 0 aliphatic carbocycles. The molecule has 2 aromatic carbocycles. The molecule has 152 valence electrons. The van der Waals surface area contributed by atoms with Gasteiger partial charge in [-0.05, 0) is 47.9 Å². The van der Waals surface area contributed by atoms with Crippen LogP contribution in [0.4, 0.5) is 0 Å². The molecule has 2 aliphatic heterocycles. The maximum atomic E-state index is 8.84. The van der Waals surface area contributed by atoms with Gasteiger partial charge in [0, 0.05) is 47.0 Å². The third-order valence-electron chi connectivity index (χ3n) is 5.59. The molecule has 0 amide bonds. The zero-order chi connectivity index (χ0) is 20.2. The van der Waals surface area contributed by atoms with Crippen molar-refractivity contribution in [3.8, 4) is 17.6 Å². The Morgan fingerprint density at radius 2 is 1.93 bits per heavy atom. The summed E-state index contributed by atoms with van der Waals surface area (Å²) in [6.45, 7) is 4.60. The first-order valence-electron chi connectivity index (χ1n) is 9.85. The zero-order valence-electron chi connectivity index (χ0n) is 16.5. The van der Waals surface area contributed by atoms with Gasteiger partial charge >= 0.3 is 0 Å². The summed E-state index contributed by atoms with van der Waals surface area (Å²) in [5.41, 5.74) is 2.66.